The van der Waals surface area contributed by atoms with E-state index in [4.69, 9.17) is 4.74 Å². The van der Waals surface area contributed by atoms with Gasteiger partial charge in [0.25, 0.3) is 0 Å². The van der Waals surface area contributed by atoms with Crippen LogP contribution in [0.15, 0.2) is 24.3 Å². The maximum atomic E-state index is 10.1. The van der Waals surface area contributed by atoms with Gasteiger partial charge in [0, 0.05) is 0 Å². The molecule has 0 unspecified atom stereocenters. The third-order valence-electron chi connectivity index (χ3n) is 10.3. The van der Waals surface area contributed by atoms with Crippen molar-refractivity contribution >= 4 is 0 Å². The predicted octanol–water partition coefficient (Wildman–Crippen LogP) is 11.9. The van der Waals surface area contributed by atoms with Gasteiger partial charge in [-0.3, -0.25) is 0 Å². The molecule has 2 fully saturated rings. The Hall–Kier alpha value is -1.49. The van der Waals surface area contributed by atoms with Gasteiger partial charge in [-0.1, -0.05) is 103 Å². The Bertz CT molecular complexity index is 777. The molecule has 0 heterocycles. The molecule has 0 spiro atoms. The Morgan fingerprint density at radius 3 is 1.87 bits per heavy atom. The Morgan fingerprint density at radius 1 is 0.692 bits per heavy atom. The van der Waals surface area contributed by atoms with Gasteiger partial charge in [-0.25, -0.2) is 0 Å². The highest BCUT2D eigenvalue weighted by Gasteiger charge is 2.36. The lowest BCUT2D eigenvalue weighted by atomic mass is 9.66. The maximum absolute atomic E-state index is 10.1. The van der Waals surface area contributed by atoms with Crippen molar-refractivity contribution in [1.82, 2.24) is 0 Å². The molecule has 0 saturated heterocycles. The van der Waals surface area contributed by atoms with Crippen molar-refractivity contribution < 1.29 is 4.74 Å². The minimum atomic E-state index is -0.0141. The summed E-state index contributed by atoms with van der Waals surface area (Å²) in [6, 6.07) is 11.8. The summed E-state index contributed by atoms with van der Waals surface area (Å²) in [5.74, 6) is 3.45. The van der Waals surface area contributed by atoms with Crippen LogP contribution in [0.3, 0.4) is 0 Å². The van der Waals surface area contributed by atoms with Gasteiger partial charge in [-0.05, 0) is 106 Å². The largest absolute Gasteiger partial charge is 0.494 e. The predicted molar refractivity (Wildman–Crippen MR) is 167 cm³/mol. The van der Waals surface area contributed by atoms with Crippen LogP contribution in [-0.2, 0) is 0 Å². The van der Waals surface area contributed by atoms with Crippen molar-refractivity contribution in [2.45, 2.75) is 167 Å². The van der Waals surface area contributed by atoms with Gasteiger partial charge in [-0.15, -0.1) is 0 Å². The molecule has 2 saturated carbocycles. The Labute approximate surface area is 242 Å². The summed E-state index contributed by atoms with van der Waals surface area (Å²) in [5.41, 5.74) is 1.48. The van der Waals surface area contributed by atoms with Crippen molar-refractivity contribution in [2.24, 2.45) is 17.3 Å². The molecule has 0 atom stereocenters. The highest BCUT2D eigenvalue weighted by molar-refractivity contribution is 5.29. The van der Waals surface area contributed by atoms with Gasteiger partial charge >= 0.3 is 0 Å². The van der Waals surface area contributed by atoms with Crippen LogP contribution in [0, 0.1) is 28.6 Å². The van der Waals surface area contributed by atoms with Gasteiger partial charge < -0.3 is 4.74 Å². The molecule has 1 aromatic rings. The number of benzene rings is 1. The standard InChI is InChI=1S/C37H61NO/c1-3-5-7-9-11-13-15-32-24-27-37(31-38,28-25-32)29-26-33-16-18-34(19-17-33)35-20-22-36(23-21-35)39-30-14-12-10-8-6-4-2/h20-23,32-34H,3-19,24-30H2,1-2H3. The molecule has 0 radical (unpaired) electrons. The zero-order valence-corrected chi connectivity index (χ0v) is 25.9. The van der Waals surface area contributed by atoms with Gasteiger partial charge in [0.05, 0.1) is 18.1 Å². The fraction of sp³-hybridized carbons (Fsp3) is 0.811. The number of rotatable bonds is 19. The molecule has 0 amide bonds. The second kappa shape index (κ2) is 18.8. The summed E-state index contributed by atoms with van der Waals surface area (Å²) in [7, 11) is 0. The minimum Gasteiger partial charge on any atom is -0.494 e. The Morgan fingerprint density at radius 2 is 1.26 bits per heavy atom. The van der Waals surface area contributed by atoms with E-state index in [0.29, 0.717) is 5.92 Å². The van der Waals surface area contributed by atoms with Crippen molar-refractivity contribution in [1.29, 1.82) is 5.26 Å². The van der Waals surface area contributed by atoms with Crippen molar-refractivity contribution in [3.8, 4) is 11.8 Å². The van der Waals surface area contributed by atoms with E-state index in [1.54, 1.807) is 0 Å². The van der Waals surface area contributed by atoms with Crippen molar-refractivity contribution in [2.75, 3.05) is 6.61 Å². The number of ether oxygens (including phenoxy) is 1. The van der Waals surface area contributed by atoms with E-state index in [1.165, 1.54) is 134 Å². The van der Waals surface area contributed by atoms with Crippen molar-refractivity contribution in [3.05, 3.63) is 29.8 Å². The van der Waals surface area contributed by atoms with E-state index in [0.717, 1.165) is 43.5 Å². The van der Waals surface area contributed by atoms with E-state index in [9.17, 15) is 5.26 Å². The lowest BCUT2D eigenvalue weighted by Crippen LogP contribution is -2.27. The van der Waals surface area contributed by atoms with E-state index in [1.807, 2.05) is 0 Å². The number of hydrogen-bond acceptors (Lipinski definition) is 2. The molecule has 0 aliphatic heterocycles. The smallest absolute Gasteiger partial charge is 0.119 e. The quantitative estimate of drug-likeness (QED) is 0.165. The first-order valence-electron chi connectivity index (χ1n) is 17.3. The number of nitrogens with zero attached hydrogens (tertiary/aromatic N) is 1. The fourth-order valence-electron chi connectivity index (χ4n) is 7.32. The zero-order valence-electron chi connectivity index (χ0n) is 25.9. The summed E-state index contributed by atoms with van der Waals surface area (Å²) in [4.78, 5) is 0. The third kappa shape index (κ3) is 11.9. The molecule has 2 aliphatic rings. The molecule has 2 nitrogen and oxygen atoms in total. The van der Waals surface area contributed by atoms with Crippen LogP contribution in [-0.4, -0.2) is 6.61 Å². The molecule has 2 aliphatic carbocycles. The molecule has 39 heavy (non-hydrogen) atoms. The number of unbranched alkanes of at least 4 members (excludes halogenated alkanes) is 10. The SMILES string of the molecule is CCCCCCCCOc1ccc(C2CCC(CCC3(C#N)CCC(CCCCCCCC)CC3)CC2)cc1. The summed E-state index contributed by atoms with van der Waals surface area (Å²) in [6.45, 7) is 5.41. The molecule has 2 heteroatoms. The Kier molecular flexibility index (Phi) is 15.4. The summed E-state index contributed by atoms with van der Waals surface area (Å²) in [6.07, 6.45) is 30.3. The van der Waals surface area contributed by atoms with Gasteiger partial charge in [0.2, 0.25) is 0 Å². The second-order valence-corrected chi connectivity index (χ2v) is 13.3. The first-order chi connectivity index (χ1) is 19.2. The minimum absolute atomic E-state index is 0.0141. The van der Waals surface area contributed by atoms with Gasteiger partial charge in [-0.2, -0.15) is 5.26 Å². The van der Waals surface area contributed by atoms with Crippen LogP contribution in [0.5, 0.6) is 5.75 Å². The highest BCUT2D eigenvalue weighted by Crippen LogP contribution is 2.46. The fourth-order valence-corrected chi connectivity index (χ4v) is 7.32. The van der Waals surface area contributed by atoms with Gasteiger partial charge in [0.15, 0.2) is 0 Å². The van der Waals surface area contributed by atoms with E-state index in [-0.39, 0.29) is 5.41 Å². The molecule has 3 rings (SSSR count). The first kappa shape index (κ1) is 32.0. The average Bonchev–Trinajstić information content (AvgIpc) is 2.99. The zero-order chi connectivity index (χ0) is 27.6. The Balaban J connectivity index is 1.28. The second-order valence-electron chi connectivity index (χ2n) is 13.3. The molecule has 0 bridgehead atoms. The molecular formula is C37H61NO. The third-order valence-corrected chi connectivity index (χ3v) is 10.3. The van der Waals surface area contributed by atoms with Crippen LogP contribution in [0.25, 0.3) is 0 Å². The van der Waals surface area contributed by atoms with Crippen LogP contribution in [0.4, 0.5) is 0 Å². The molecule has 0 N–H and O–H groups in total. The lowest BCUT2D eigenvalue weighted by Gasteiger charge is -2.37. The van der Waals surface area contributed by atoms with E-state index in [2.05, 4.69) is 44.2 Å². The van der Waals surface area contributed by atoms with Crippen LogP contribution >= 0.6 is 0 Å². The van der Waals surface area contributed by atoms with Crippen molar-refractivity contribution in [3.63, 3.8) is 0 Å². The van der Waals surface area contributed by atoms with E-state index >= 15 is 0 Å². The van der Waals surface area contributed by atoms with E-state index < -0.39 is 0 Å². The van der Waals surface area contributed by atoms with Crippen LogP contribution < -0.4 is 4.74 Å². The summed E-state index contributed by atoms with van der Waals surface area (Å²) in [5, 5.41) is 10.1. The summed E-state index contributed by atoms with van der Waals surface area (Å²) >= 11 is 0. The molecule has 0 aromatic heterocycles. The molecule has 220 valence electrons. The monoisotopic (exact) mass is 535 g/mol. The van der Waals surface area contributed by atoms with Crippen LogP contribution in [0.1, 0.15) is 173 Å². The lowest BCUT2D eigenvalue weighted by molar-refractivity contribution is 0.168. The maximum Gasteiger partial charge on any atom is 0.119 e. The molecular weight excluding hydrogens is 474 g/mol. The van der Waals surface area contributed by atoms with Gasteiger partial charge in [0.1, 0.15) is 5.75 Å². The first-order valence-corrected chi connectivity index (χ1v) is 17.3. The van der Waals surface area contributed by atoms with Crippen LogP contribution in [0.2, 0.25) is 0 Å². The normalized spacial score (nSPS) is 25.3. The highest BCUT2D eigenvalue weighted by atomic mass is 16.5. The summed E-state index contributed by atoms with van der Waals surface area (Å²) < 4.78 is 6.00. The average molecular weight is 536 g/mol. The number of nitriles is 1. The topological polar surface area (TPSA) is 33.0 Å². The molecule has 1 aromatic carbocycles. The number of hydrogen-bond donors (Lipinski definition) is 0.